The summed E-state index contributed by atoms with van der Waals surface area (Å²) >= 11 is 0. The van der Waals surface area contributed by atoms with E-state index >= 15 is 0 Å². The first-order valence-electron chi connectivity index (χ1n) is 10.4. The number of nitrogens with one attached hydrogen (secondary N) is 1. The van der Waals surface area contributed by atoms with Crippen molar-refractivity contribution in [2.45, 2.75) is 33.0 Å². The van der Waals surface area contributed by atoms with Crippen molar-refractivity contribution in [2.75, 3.05) is 18.5 Å². The number of nitrogens with zero attached hydrogens (tertiary/aromatic N) is 5. The van der Waals surface area contributed by atoms with Crippen molar-refractivity contribution >= 4 is 33.5 Å². The highest BCUT2D eigenvalue weighted by atomic mass is 16.2. The average molecular weight is 418 g/mol. The van der Waals surface area contributed by atoms with Crippen molar-refractivity contribution in [1.29, 1.82) is 0 Å². The van der Waals surface area contributed by atoms with Crippen molar-refractivity contribution in [2.24, 2.45) is 5.73 Å². The number of hydrogen-bond donors (Lipinski definition) is 2. The number of carbonyl (C=O) groups excluding carboxylic acids is 1. The van der Waals surface area contributed by atoms with Crippen LogP contribution in [0.5, 0.6) is 0 Å². The Balaban J connectivity index is 1.61. The third-order valence-electron chi connectivity index (χ3n) is 5.26. The number of rotatable bonds is 7. The Bertz CT molecular complexity index is 1230. The van der Waals surface area contributed by atoms with Crippen LogP contribution in [-0.4, -0.2) is 45.3 Å². The van der Waals surface area contributed by atoms with E-state index in [4.69, 9.17) is 10.7 Å². The van der Waals surface area contributed by atoms with Crippen molar-refractivity contribution in [3.8, 4) is 0 Å². The minimum absolute atomic E-state index is 0.0171. The van der Waals surface area contributed by atoms with E-state index in [0.717, 1.165) is 27.4 Å². The van der Waals surface area contributed by atoms with Crippen LogP contribution in [0, 0.1) is 0 Å². The molecular formula is C23H27N7O. The van der Waals surface area contributed by atoms with Gasteiger partial charge in [-0.15, -0.1) is 10.2 Å². The van der Waals surface area contributed by atoms with Gasteiger partial charge in [-0.2, -0.15) is 0 Å². The Labute approximate surface area is 181 Å². The van der Waals surface area contributed by atoms with E-state index in [1.807, 2.05) is 62.2 Å². The van der Waals surface area contributed by atoms with Gasteiger partial charge in [-0.3, -0.25) is 14.3 Å². The summed E-state index contributed by atoms with van der Waals surface area (Å²) in [6.45, 7) is 5.38. The summed E-state index contributed by atoms with van der Waals surface area (Å²) in [6.07, 6.45) is 0. The summed E-state index contributed by atoms with van der Waals surface area (Å²) in [4.78, 5) is 19.7. The minimum atomic E-state index is -0.283. The molecule has 0 aliphatic heterocycles. The second-order valence-corrected chi connectivity index (χ2v) is 7.73. The first kappa shape index (κ1) is 20.7. The number of aromatic nitrogens is 4. The summed E-state index contributed by atoms with van der Waals surface area (Å²) in [5.41, 5.74) is 7.62. The number of likely N-dealkylation sites (N-methyl/N-ethyl adjacent to an activating group) is 1. The fourth-order valence-corrected chi connectivity index (χ4v) is 3.90. The third kappa shape index (κ3) is 4.06. The van der Waals surface area contributed by atoms with Crippen LogP contribution in [0.3, 0.4) is 0 Å². The zero-order chi connectivity index (χ0) is 22.0. The maximum absolute atomic E-state index is 13.0. The first-order chi connectivity index (χ1) is 15.0. The predicted octanol–water partition coefficient (Wildman–Crippen LogP) is 2.71. The van der Waals surface area contributed by atoms with Crippen LogP contribution in [0.2, 0.25) is 0 Å². The molecule has 31 heavy (non-hydrogen) atoms. The van der Waals surface area contributed by atoms with E-state index in [1.54, 1.807) is 4.57 Å². The number of nitrogens with two attached hydrogens (primary N) is 1. The monoisotopic (exact) mass is 417 g/mol. The van der Waals surface area contributed by atoms with E-state index in [9.17, 15) is 4.79 Å². The van der Waals surface area contributed by atoms with Gasteiger partial charge >= 0.3 is 0 Å². The molecule has 2 heterocycles. The van der Waals surface area contributed by atoms with Crippen LogP contribution < -0.4 is 16.0 Å². The molecule has 1 unspecified atom stereocenters. The van der Waals surface area contributed by atoms with Crippen LogP contribution >= 0.6 is 0 Å². The van der Waals surface area contributed by atoms with Gasteiger partial charge in [0.15, 0.2) is 0 Å². The van der Waals surface area contributed by atoms with Gasteiger partial charge in [-0.1, -0.05) is 42.5 Å². The molecule has 160 valence electrons. The molecule has 0 aliphatic carbocycles. The molecule has 0 bridgehead atoms. The number of anilines is 1. The highest BCUT2D eigenvalue weighted by molar-refractivity contribution is 6.06. The quantitative estimate of drug-likeness (QED) is 0.448. The first-order valence-corrected chi connectivity index (χ1v) is 10.4. The van der Waals surface area contributed by atoms with Crippen molar-refractivity contribution in [1.82, 2.24) is 25.1 Å². The van der Waals surface area contributed by atoms with Crippen molar-refractivity contribution in [3.63, 3.8) is 0 Å². The van der Waals surface area contributed by atoms with Crippen LogP contribution in [0.1, 0.15) is 30.2 Å². The van der Waals surface area contributed by atoms with Crippen molar-refractivity contribution in [3.05, 3.63) is 60.0 Å². The Morgan fingerprint density at radius 3 is 2.48 bits per heavy atom. The predicted molar refractivity (Wildman–Crippen MR) is 123 cm³/mol. The smallest absolute Gasteiger partial charge is 0.289 e. The second-order valence-electron chi connectivity index (χ2n) is 7.73. The van der Waals surface area contributed by atoms with Crippen molar-refractivity contribution < 1.29 is 4.79 Å². The third-order valence-corrected chi connectivity index (χ3v) is 5.26. The van der Waals surface area contributed by atoms with Gasteiger partial charge < -0.3 is 16.0 Å². The maximum Gasteiger partial charge on any atom is 0.289 e. The van der Waals surface area contributed by atoms with E-state index in [0.29, 0.717) is 25.6 Å². The Morgan fingerprint density at radius 1 is 1.10 bits per heavy atom. The van der Waals surface area contributed by atoms with Gasteiger partial charge in [0.1, 0.15) is 0 Å². The summed E-state index contributed by atoms with van der Waals surface area (Å²) in [5.74, 6) is 0.618. The normalized spacial score (nSPS) is 12.3. The Morgan fingerprint density at radius 2 is 1.77 bits per heavy atom. The number of carbonyl (C=O) groups is 1. The van der Waals surface area contributed by atoms with Gasteiger partial charge in [0.2, 0.25) is 11.8 Å². The highest BCUT2D eigenvalue weighted by Gasteiger charge is 2.21. The molecule has 2 aromatic heterocycles. The lowest BCUT2D eigenvalue weighted by Crippen LogP contribution is -2.35. The zero-order valence-corrected chi connectivity index (χ0v) is 18.0. The molecule has 4 rings (SSSR count). The standard InChI is InChI=1S/C23H27N7O/c1-4-30-21(27-28-23(30)29(3)14-15(2)24)22(31)25-13-20-18-11-6-5-9-16(18)17-10-7-8-12-19(17)26-20/h5-12,15H,4,13-14,24H2,1-3H3,(H,25,31). The molecule has 0 saturated heterocycles. The molecule has 4 aromatic rings. The molecule has 0 fully saturated rings. The second kappa shape index (κ2) is 8.69. The van der Waals surface area contributed by atoms with Crippen LogP contribution in [0.25, 0.3) is 21.7 Å². The number of hydrogen-bond acceptors (Lipinski definition) is 6. The summed E-state index contributed by atoms with van der Waals surface area (Å²) < 4.78 is 1.80. The lowest BCUT2D eigenvalue weighted by molar-refractivity contribution is 0.0935. The maximum atomic E-state index is 13.0. The Kier molecular flexibility index (Phi) is 5.81. The molecule has 1 atom stereocenters. The fourth-order valence-electron chi connectivity index (χ4n) is 3.90. The number of fused-ring (bicyclic) bond motifs is 3. The summed E-state index contributed by atoms with van der Waals surface area (Å²) in [5, 5.41) is 14.6. The SMILES string of the molecule is CCn1c(C(=O)NCc2nc3ccccc3c3ccccc23)nnc1N(C)CC(C)N. The lowest BCUT2D eigenvalue weighted by Gasteiger charge is -2.20. The molecule has 8 nitrogen and oxygen atoms in total. The van der Waals surface area contributed by atoms with Crippen LogP contribution in [0.4, 0.5) is 5.95 Å². The molecule has 0 saturated carbocycles. The van der Waals surface area contributed by atoms with E-state index < -0.39 is 0 Å². The van der Waals surface area contributed by atoms with Gasteiger partial charge in [0.05, 0.1) is 17.8 Å². The molecule has 0 aliphatic rings. The van der Waals surface area contributed by atoms with Gasteiger partial charge in [0, 0.05) is 37.0 Å². The molecule has 0 radical (unpaired) electrons. The van der Waals surface area contributed by atoms with Gasteiger partial charge in [-0.25, -0.2) is 0 Å². The van der Waals surface area contributed by atoms with Crippen LogP contribution in [0.15, 0.2) is 48.5 Å². The lowest BCUT2D eigenvalue weighted by atomic mass is 10.0. The highest BCUT2D eigenvalue weighted by Crippen LogP contribution is 2.26. The average Bonchev–Trinajstić information content (AvgIpc) is 3.21. The molecule has 1 amide bonds. The largest absolute Gasteiger partial charge is 0.344 e. The van der Waals surface area contributed by atoms with E-state index in [-0.39, 0.29) is 17.8 Å². The molecule has 8 heteroatoms. The molecular weight excluding hydrogens is 390 g/mol. The summed E-state index contributed by atoms with van der Waals surface area (Å²) in [7, 11) is 1.90. The molecule has 0 spiro atoms. The van der Waals surface area contributed by atoms with Gasteiger partial charge in [-0.05, 0) is 25.3 Å². The minimum Gasteiger partial charge on any atom is -0.344 e. The summed E-state index contributed by atoms with van der Waals surface area (Å²) in [6, 6.07) is 16.1. The molecule has 3 N–H and O–H groups in total. The zero-order valence-electron chi connectivity index (χ0n) is 18.0. The number of benzene rings is 2. The number of amides is 1. The number of pyridine rings is 1. The number of para-hydroxylation sites is 1. The van der Waals surface area contributed by atoms with E-state index in [1.165, 1.54) is 0 Å². The topological polar surface area (TPSA) is 102 Å². The van der Waals surface area contributed by atoms with Gasteiger partial charge in [0.25, 0.3) is 5.91 Å². The fraction of sp³-hybridized carbons (Fsp3) is 0.304. The molecule has 2 aromatic carbocycles. The van der Waals surface area contributed by atoms with E-state index in [2.05, 4.69) is 27.6 Å². The van der Waals surface area contributed by atoms with Crippen LogP contribution in [-0.2, 0) is 13.1 Å². The Hall–Kier alpha value is -3.52.